The number of halogens is 1. The first-order chi connectivity index (χ1) is 11.0. The average Bonchev–Trinajstić information content (AvgIpc) is 3.04. The third-order valence-electron chi connectivity index (χ3n) is 5.50. The van der Waals surface area contributed by atoms with Crippen LogP contribution in [0.4, 0.5) is 0 Å². The number of hydrogen-bond donors (Lipinski definition) is 2. The highest BCUT2D eigenvalue weighted by Gasteiger charge is 2.28. The van der Waals surface area contributed by atoms with Crippen molar-refractivity contribution in [3.05, 3.63) is 0 Å². The fourth-order valence-corrected chi connectivity index (χ4v) is 3.74. The fraction of sp³-hybridized carbons (Fsp3) is 0.944. The average molecular weight is 451 g/mol. The standard InChI is InChI=1S/C18H37N5.HI/c1-5-22-12-9-16(14-22)13-20-17(19-4)21-15-18(2,3)23-10-7-6-8-11-23;/h16H,5-15H2,1-4H3,(H2,19,20,21);1H. The van der Waals surface area contributed by atoms with Crippen LogP contribution in [0.2, 0.25) is 0 Å². The first-order valence-corrected chi connectivity index (χ1v) is 9.47. The quantitative estimate of drug-likeness (QED) is 0.370. The van der Waals surface area contributed by atoms with Gasteiger partial charge in [0.1, 0.15) is 0 Å². The van der Waals surface area contributed by atoms with Gasteiger partial charge in [-0.1, -0.05) is 13.3 Å². The molecule has 2 heterocycles. The zero-order chi connectivity index (χ0) is 16.7. The Labute approximate surface area is 166 Å². The van der Waals surface area contributed by atoms with Gasteiger partial charge >= 0.3 is 0 Å². The molecular weight excluding hydrogens is 413 g/mol. The van der Waals surface area contributed by atoms with E-state index in [1.165, 1.54) is 58.4 Å². The lowest BCUT2D eigenvalue weighted by Crippen LogP contribution is -2.55. The molecule has 142 valence electrons. The summed E-state index contributed by atoms with van der Waals surface area (Å²) in [6.07, 6.45) is 5.37. The molecule has 0 amide bonds. The zero-order valence-corrected chi connectivity index (χ0v) is 18.4. The summed E-state index contributed by atoms with van der Waals surface area (Å²) in [4.78, 5) is 9.55. The molecule has 24 heavy (non-hydrogen) atoms. The van der Waals surface area contributed by atoms with Crippen molar-refractivity contribution in [2.24, 2.45) is 10.9 Å². The Morgan fingerprint density at radius 1 is 1.12 bits per heavy atom. The van der Waals surface area contributed by atoms with E-state index in [0.717, 1.165) is 25.0 Å². The minimum atomic E-state index is 0. The van der Waals surface area contributed by atoms with Crippen LogP contribution in [0.15, 0.2) is 4.99 Å². The van der Waals surface area contributed by atoms with E-state index in [4.69, 9.17) is 0 Å². The largest absolute Gasteiger partial charge is 0.356 e. The first-order valence-electron chi connectivity index (χ1n) is 9.47. The van der Waals surface area contributed by atoms with Gasteiger partial charge in [-0.15, -0.1) is 24.0 Å². The SMILES string of the molecule is CCN1CCC(CNC(=NC)NCC(C)(C)N2CCCCC2)C1.I. The number of guanidine groups is 1. The van der Waals surface area contributed by atoms with Crippen molar-refractivity contribution in [1.29, 1.82) is 0 Å². The van der Waals surface area contributed by atoms with Gasteiger partial charge in [0, 0.05) is 32.2 Å². The number of likely N-dealkylation sites (tertiary alicyclic amines) is 2. The molecule has 0 aromatic rings. The molecule has 6 heteroatoms. The second-order valence-corrected chi connectivity index (χ2v) is 7.71. The van der Waals surface area contributed by atoms with E-state index < -0.39 is 0 Å². The minimum absolute atomic E-state index is 0. The van der Waals surface area contributed by atoms with Crippen LogP contribution in [0.25, 0.3) is 0 Å². The van der Waals surface area contributed by atoms with Crippen molar-refractivity contribution >= 4 is 29.9 Å². The van der Waals surface area contributed by atoms with Gasteiger partial charge in [-0.3, -0.25) is 9.89 Å². The molecule has 2 N–H and O–H groups in total. The van der Waals surface area contributed by atoms with E-state index in [1.807, 2.05) is 7.05 Å². The van der Waals surface area contributed by atoms with Crippen molar-refractivity contribution in [2.45, 2.75) is 52.0 Å². The summed E-state index contributed by atoms with van der Waals surface area (Å²) >= 11 is 0. The van der Waals surface area contributed by atoms with Crippen LogP contribution in [-0.4, -0.2) is 74.2 Å². The molecule has 2 saturated heterocycles. The molecule has 0 aromatic heterocycles. The minimum Gasteiger partial charge on any atom is -0.356 e. The second-order valence-electron chi connectivity index (χ2n) is 7.71. The molecule has 0 radical (unpaired) electrons. The third-order valence-corrected chi connectivity index (χ3v) is 5.50. The maximum absolute atomic E-state index is 4.40. The lowest BCUT2D eigenvalue weighted by Gasteiger charge is -2.41. The van der Waals surface area contributed by atoms with Crippen LogP contribution in [-0.2, 0) is 0 Å². The van der Waals surface area contributed by atoms with Gasteiger partial charge in [-0.2, -0.15) is 0 Å². The topological polar surface area (TPSA) is 42.9 Å². The van der Waals surface area contributed by atoms with E-state index in [1.54, 1.807) is 0 Å². The highest BCUT2D eigenvalue weighted by molar-refractivity contribution is 14.0. The Hall–Kier alpha value is -0.0800. The molecule has 0 saturated carbocycles. The highest BCUT2D eigenvalue weighted by Crippen LogP contribution is 2.19. The van der Waals surface area contributed by atoms with Crippen LogP contribution in [0.1, 0.15) is 46.5 Å². The first kappa shape index (κ1) is 22.0. The number of nitrogens with one attached hydrogen (secondary N) is 2. The molecule has 2 fully saturated rings. The Balaban J connectivity index is 0.00000288. The number of rotatable bonds is 6. The smallest absolute Gasteiger partial charge is 0.191 e. The maximum Gasteiger partial charge on any atom is 0.191 e. The summed E-state index contributed by atoms with van der Waals surface area (Å²) < 4.78 is 0. The maximum atomic E-state index is 4.40. The molecule has 0 aromatic carbocycles. The predicted octanol–water partition coefficient (Wildman–Crippen LogP) is 2.38. The van der Waals surface area contributed by atoms with Gasteiger partial charge in [-0.25, -0.2) is 0 Å². The predicted molar refractivity (Wildman–Crippen MR) is 115 cm³/mol. The van der Waals surface area contributed by atoms with Crippen molar-refractivity contribution in [3.63, 3.8) is 0 Å². The molecule has 0 aliphatic carbocycles. The second kappa shape index (κ2) is 10.8. The lowest BCUT2D eigenvalue weighted by molar-refractivity contribution is 0.0982. The van der Waals surface area contributed by atoms with Gasteiger partial charge in [0.2, 0.25) is 0 Å². The van der Waals surface area contributed by atoms with Crippen LogP contribution < -0.4 is 10.6 Å². The summed E-state index contributed by atoms with van der Waals surface area (Å²) in [5, 5.41) is 7.06. The zero-order valence-electron chi connectivity index (χ0n) is 16.1. The number of aliphatic imine (C=N–C) groups is 1. The van der Waals surface area contributed by atoms with Crippen LogP contribution in [0, 0.1) is 5.92 Å². The van der Waals surface area contributed by atoms with E-state index in [-0.39, 0.29) is 29.5 Å². The van der Waals surface area contributed by atoms with Gasteiger partial charge in [0.15, 0.2) is 5.96 Å². The Kier molecular flexibility index (Phi) is 9.89. The monoisotopic (exact) mass is 451 g/mol. The van der Waals surface area contributed by atoms with Crippen molar-refractivity contribution in [2.75, 3.05) is 52.9 Å². The van der Waals surface area contributed by atoms with Crippen LogP contribution >= 0.6 is 24.0 Å². The van der Waals surface area contributed by atoms with E-state index in [0.29, 0.717) is 0 Å². The molecule has 2 rings (SSSR count). The summed E-state index contributed by atoms with van der Waals surface area (Å²) in [7, 11) is 1.87. The molecule has 2 aliphatic rings. The third kappa shape index (κ3) is 6.67. The Bertz CT molecular complexity index is 380. The molecule has 0 spiro atoms. The molecule has 5 nitrogen and oxygen atoms in total. The van der Waals surface area contributed by atoms with Crippen LogP contribution in [0.5, 0.6) is 0 Å². The molecule has 2 aliphatic heterocycles. The van der Waals surface area contributed by atoms with Crippen molar-refractivity contribution in [1.82, 2.24) is 20.4 Å². The van der Waals surface area contributed by atoms with Crippen LogP contribution in [0.3, 0.4) is 0 Å². The number of piperidine rings is 1. The summed E-state index contributed by atoms with van der Waals surface area (Å²) in [5.41, 5.74) is 0.185. The lowest BCUT2D eigenvalue weighted by atomic mass is 9.98. The van der Waals surface area contributed by atoms with Gasteiger partial charge < -0.3 is 15.5 Å². The fourth-order valence-electron chi connectivity index (χ4n) is 3.74. The highest BCUT2D eigenvalue weighted by atomic mass is 127. The summed E-state index contributed by atoms with van der Waals surface area (Å²) in [6.45, 7) is 15.0. The summed E-state index contributed by atoms with van der Waals surface area (Å²) in [5.74, 6) is 1.70. The molecular formula is C18H38IN5. The van der Waals surface area contributed by atoms with E-state index >= 15 is 0 Å². The summed E-state index contributed by atoms with van der Waals surface area (Å²) in [6, 6.07) is 0. The van der Waals surface area contributed by atoms with E-state index in [9.17, 15) is 0 Å². The normalized spacial score (nSPS) is 23.8. The van der Waals surface area contributed by atoms with Crippen molar-refractivity contribution < 1.29 is 0 Å². The molecule has 1 atom stereocenters. The number of hydrogen-bond acceptors (Lipinski definition) is 3. The Morgan fingerprint density at radius 2 is 1.83 bits per heavy atom. The molecule has 0 bridgehead atoms. The van der Waals surface area contributed by atoms with Gasteiger partial charge in [0.25, 0.3) is 0 Å². The van der Waals surface area contributed by atoms with Gasteiger partial charge in [0.05, 0.1) is 0 Å². The van der Waals surface area contributed by atoms with Gasteiger partial charge in [-0.05, 0) is 65.2 Å². The van der Waals surface area contributed by atoms with Crippen molar-refractivity contribution in [3.8, 4) is 0 Å². The number of nitrogens with zero attached hydrogens (tertiary/aromatic N) is 3. The molecule has 1 unspecified atom stereocenters. The van der Waals surface area contributed by atoms with E-state index in [2.05, 4.69) is 46.2 Å². The Morgan fingerprint density at radius 3 is 2.42 bits per heavy atom.